The highest BCUT2D eigenvalue weighted by Crippen LogP contribution is 2.23. The van der Waals surface area contributed by atoms with E-state index < -0.39 is 21.4 Å². The summed E-state index contributed by atoms with van der Waals surface area (Å²) in [6.07, 6.45) is 0. The van der Waals surface area contributed by atoms with E-state index in [1.165, 1.54) is 33.0 Å². The summed E-state index contributed by atoms with van der Waals surface area (Å²) in [5, 5.41) is 9.70. The maximum Gasteiger partial charge on any atom is 0.243 e. The molecule has 0 fully saturated rings. The minimum absolute atomic E-state index is 0.150. The van der Waals surface area contributed by atoms with Crippen LogP contribution in [0.4, 0.5) is 4.39 Å². The first kappa shape index (κ1) is 17.0. The molecule has 0 unspecified atom stereocenters. The van der Waals surface area contributed by atoms with E-state index in [0.717, 1.165) is 10.4 Å². The van der Waals surface area contributed by atoms with Crippen molar-refractivity contribution in [1.29, 1.82) is 0 Å². The summed E-state index contributed by atoms with van der Waals surface area (Å²) >= 11 is 4.71. The lowest BCUT2D eigenvalue weighted by atomic mass is 10.1. The number of sulfonamides is 1. The monoisotopic (exact) mass is 320 g/mol. The molecule has 0 amide bonds. The predicted molar refractivity (Wildman–Crippen MR) is 78.4 cm³/mol. The number of rotatable bonds is 5. The first-order chi connectivity index (χ1) is 8.97. The Balaban J connectivity index is 3.37. The van der Waals surface area contributed by atoms with Crippen molar-refractivity contribution in [2.24, 2.45) is 5.73 Å². The summed E-state index contributed by atoms with van der Waals surface area (Å²) in [7, 11) is -2.71. The topological polar surface area (TPSA) is 83.6 Å². The molecule has 1 rings (SSSR count). The molecule has 8 heteroatoms. The highest BCUT2D eigenvalue weighted by atomic mass is 32.2. The Bertz CT molecular complexity index is 624. The van der Waals surface area contributed by atoms with Crippen LogP contribution in [0.15, 0.2) is 23.1 Å². The van der Waals surface area contributed by atoms with Crippen molar-refractivity contribution in [3.8, 4) is 0 Å². The van der Waals surface area contributed by atoms with Crippen LogP contribution in [0.25, 0.3) is 0 Å². The van der Waals surface area contributed by atoms with Crippen LogP contribution in [0.3, 0.4) is 0 Å². The molecule has 3 N–H and O–H groups in total. The standard InChI is InChI=1S/C12H17FN2O3S2/c1-12(2,16)7-15(3)20(17,18)9-6-4-5-8(13)10(9)11(14)19/h4-6,16H,7H2,1-3H3,(H2,14,19). The molecule has 0 radical (unpaired) electrons. The highest BCUT2D eigenvalue weighted by molar-refractivity contribution is 7.89. The number of nitrogens with two attached hydrogens (primary N) is 1. The minimum atomic E-state index is -4.00. The van der Waals surface area contributed by atoms with Crippen LogP contribution in [-0.2, 0) is 10.0 Å². The fraction of sp³-hybridized carbons (Fsp3) is 0.417. The summed E-state index contributed by atoms with van der Waals surface area (Å²) in [5.74, 6) is -0.796. The molecule has 0 saturated heterocycles. The molecule has 20 heavy (non-hydrogen) atoms. The number of aliphatic hydroxyl groups is 1. The Morgan fingerprint density at radius 2 is 2.05 bits per heavy atom. The van der Waals surface area contributed by atoms with Gasteiger partial charge in [-0.15, -0.1) is 0 Å². The fourth-order valence-corrected chi connectivity index (χ4v) is 3.57. The molecule has 0 aromatic heterocycles. The van der Waals surface area contributed by atoms with Crippen LogP contribution < -0.4 is 5.73 Å². The minimum Gasteiger partial charge on any atom is -0.389 e. The fourth-order valence-electron chi connectivity index (χ4n) is 1.76. The molecular weight excluding hydrogens is 303 g/mol. The number of likely N-dealkylation sites (N-methyl/N-ethyl adjacent to an activating group) is 1. The van der Waals surface area contributed by atoms with Gasteiger partial charge in [0.2, 0.25) is 10.0 Å². The molecule has 0 aliphatic rings. The molecule has 1 aromatic rings. The van der Waals surface area contributed by atoms with Gasteiger partial charge in [0.05, 0.1) is 16.1 Å². The van der Waals surface area contributed by atoms with E-state index in [1.54, 1.807) is 0 Å². The maximum atomic E-state index is 13.7. The van der Waals surface area contributed by atoms with Gasteiger partial charge >= 0.3 is 0 Å². The van der Waals surface area contributed by atoms with Crippen LogP contribution in [0.1, 0.15) is 19.4 Å². The van der Waals surface area contributed by atoms with Crippen molar-refractivity contribution in [2.45, 2.75) is 24.3 Å². The zero-order chi connectivity index (χ0) is 15.7. The van der Waals surface area contributed by atoms with Crippen LogP contribution in [0.5, 0.6) is 0 Å². The lowest BCUT2D eigenvalue weighted by Gasteiger charge is -2.25. The van der Waals surface area contributed by atoms with Gasteiger partial charge in [-0.1, -0.05) is 18.3 Å². The largest absolute Gasteiger partial charge is 0.389 e. The van der Waals surface area contributed by atoms with Gasteiger partial charge in [-0.3, -0.25) is 0 Å². The van der Waals surface area contributed by atoms with Gasteiger partial charge < -0.3 is 10.8 Å². The second-order valence-electron chi connectivity index (χ2n) is 5.05. The molecule has 5 nitrogen and oxygen atoms in total. The Morgan fingerprint density at radius 1 is 1.50 bits per heavy atom. The number of thiocarbonyl (C=S) groups is 1. The van der Waals surface area contributed by atoms with Crippen LogP contribution >= 0.6 is 12.2 Å². The average Bonchev–Trinajstić information content (AvgIpc) is 2.25. The van der Waals surface area contributed by atoms with Crippen molar-refractivity contribution >= 4 is 27.2 Å². The van der Waals surface area contributed by atoms with Crippen LogP contribution in [-0.4, -0.2) is 42.0 Å². The van der Waals surface area contributed by atoms with E-state index in [9.17, 15) is 17.9 Å². The Hall–Kier alpha value is -1.09. The zero-order valence-corrected chi connectivity index (χ0v) is 13.1. The third-order valence-corrected chi connectivity index (χ3v) is 4.57. The lowest BCUT2D eigenvalue weighted by molar-refractivity contribution is 0.0640. The molecule has 1 aromatic carbocycles. The number of halogens is 1. The zero-order valence-electron chi connectivity index (χ0n) is 11.4. The number of hydrogen-bond donors (Lipinski definition) is 2. The third-order valence-electron chi connectivity index (χ3n) is 2.52. The quantitative estimate of drug-likeness (QED) is 0.786. The van der Waals surface area contributed by atoms with Crippen LogP contribution in [0.2, 0.25) is 0 Å². The smallest absolute Gasteiger partial charge is 0.243 e. The molecule has 0 saturated carbocycles. The molecule has 0 atom stereocenters. The molecular formula is C12H17FN2O3S2. The molecule has 112 valence electrons. The number of benzene rings is 1. The molecule has 0 aliphatic carbocycles. The summed E-state index contributed by atoms with van der Waals surface area (Å²) in [6, 6.07) is 3.58. The Labute approximate surface area is 123 Å². The predicted octanol–water partition coefficient (Wildman–Crippen LogP) is 0.851. The van der Waals surface area contributed by atoms with E-state index in [-0.39, 0.29) is 22.0 Å². The normalized spacial score (nSPS) is 12.7. The van der Waals surface area contributed by atoms with Gasteiger partial charge in [0, 0.05) is 13.6 Å². The van der Waals surface area contributed by atoms with E-state index in [4.69, 9.17) is 18.0 Å². The van der Waals surface area contributed by atoms with Gasteiger partial charge in [0.25, 0.3) is 0 Å². The SMILES string of the molecule is CN(CC(C)(C)O)S(=O)(=O)c1cccc(F)c1C(N)=S. The second-order valence-corrected chi connectivity index (χ2v) is 7.50. The number of hydrogen-bond acceptors (Lipinski definition) is 4. The average molecular weight is 320 g/mol. The first-order valence-electron chi connectivity index (χ1n) is 5.74. The third kappa shape index (κ3) is 3.72. The van der Waals surface area contributed by atoms with Crippen molar-refractivity contribution in [3.63, 3.8) is 0 Å². The van der Waals surface area contributed by atoms with Crippen molar-refractivity contribution in [1.82, 2.24) is 4.31 Å². The lowest BCUT2D eigenvalue weighted by Crippen LogP contribution is -2.40. The summed E-state index contributed by atoms with van der Waals surface area (Å²) in [4.78, 5) is -0.643. The first-order valence-corrected chi connectivity index (χ1v) is 7.58. The summed E-state index contributed by atoms with van der Waals surface area (Å²) < 4.78 is 39.5. The van der Waals surface area contributed by atoms with E-state index in [2.05, 4.69) is 0 Å². The summed E-state index contributed by atoms with van der Waals surface area (Å²) in [6.45, 7) is 2.79. The molecule has 0 aliphatic heterocycles. The maximum absolute atomic E-state index is 13.7. The van der Waals surface area contributed by atoms with Crippen molar-refractivity contribution in [3.05, 3.63) is 29.6 Å². The highest BCUT2D eigenvalue weighted by Gasteiger charge is 2.30. The summed E-state index contributed by atoms with van der Waals surface area (Å²) in [5.41, 5.74) is 3.86. The second kappa shape index (κ2) is 5.72. The van der Waals surface area contributed by atoms with Crippen LogP contribution in [0, 0.1) is 5.82 Å². The van der Waals surface area contributed by atoms with Gasteiger partial charge in [-0.2, -0.15) is 4.31 Å². The van der Waals surface area contributed by atoms with E-state index >= 15 is 0 Å². The molecule has 0 spiro atoms. The number of nitrogens with zero attached hydrogens (tertiary/aromatic N) is 1. The van der Waals surface area contributed by atoms with Crippen molar-refractivity contribution < 1.29 is 17.9 Å². The van der Waals surface area contributed by atoms with Crippen molar-refractivity contribution in [2.75, 3.05) is 13.6 Å². The van der Waals surface area contributed by atoms with E-state index in [0.29, 0.717) is 0 Å². The molecule has 0 heterocycles. The van der Waals surface area contributed by atoms with Gasteiger partial charge in [-0.25, -0.2) is 12.8 Å². The van der Waals surface area contributed by atoms with Gasteiger partial charge in [0.15, 0.2) is 0 Å². The molecule has 0 bridgehead atoms. The Morgan fingerprint density at radius 3 is 2.50 bits per heavy atom. The Kier molecular flexibility index (Phi) is 4.86. The van der Waals surface area contributed by atoms with Gasteiger partial charge in [0.1, 0.15) is 10.8 Å². The van der Waals surface area contributed by atoms with Gasteiger partial charge in [-0.05, 0) is 26.0 Å². The van der Waals surface area contributed by atoms with E-state index in [1.807, 2.05) is 0 Å².